The van der Waals surface area contributed by atoms with Crippen LogP contribution in [-0.4, -0.2) is 21.1 Å². The normalized spacial score (nSPS) is 10.4. The molecule has 0 atom stereocenters. The van der Waals surface area contributed by atoms with Gasteiger partial charge in [-0.2, -0.15) is 0 Å². The number of hydrogen-bond acceptors (Lipinski definition) is 4. The van der Waals surface area contributed by atoms with E-state index in [-0.39, 0.29) is 0 Å². The molecule has 0 fully saturated rings. The van der Waals surface area contributed by atoms with Gasteiger partial charge in [-0.15, -0.1) is 0 Å². The van der Waals surface area contributed by atoms with Gasteiger partial charge in [0, 0.05) is 25.5 Å². The lowest BCUT2D eigenvalue weighted by Crippen LogP contribution is -2.04. The Kier molecular flexibility index (Phi) is 4.10. The molecule has 0 aliphatic rings. The van der Waals surface area contributed by atoms with Gasteiger partial charge in [0.25, 0.3) is 0 Å². The summed E-state index contributed by atoms with van der Waals surface area (Å²) >= 11 is 0. The zero-order valence-corrected chi connectivity index (χ0v) is 9.62. The topological polar surface area (TPSA) is 66.0 Å². The molecule has 17 heavy (non-hydrogen) atoms. The maximum absolute atomic E-state index is 5.57. The van der Waals surface area contributed by atoms with Gasteiger partial charge in [-0.1, -0.05) is 0 Å². The highest BCUT2D eigenvalue weighted by Crippen LogP contribution is 2.09. The van der Waals surface area contributed by atoms with Crippen molar-refractivity contribution in [2.75, 3.05) is 6.61 Å². The van der Waals surface area contributed by atoms with E-state index >= 15 is 0 Å². The number of nitrogens with zero attached hydrogens (tertiary/aromatic N) is 3. The zero-order valence-electron chi connectivity index (χ0n) is 9.62. The number of nitrogens with two attached hydrogens (primary N) is 1. The molecule has 0 amide bonds. The highest BCUT2D eigenvalue weighted by atomic mass is 16.5. The smallest absolute Gasteiger partial charge is 0.137 e. The molecule has 5 heteroatoms. The summed E-state index contributed by atoms with van der Waals surface area (Å²) in [6.45, 7) is 2.04. The molecule has 0 aromatic carbocycles. The lowest BCUT2D eigenvalue weighted by molar-refractivity contribution is 0.300. The Morgan fingerprint density at radius 1 is 1.35 bits per heavy atom. The first-order chi connectivity index (χ1) is 8.38. The highest BCUT2D eigenvalue weighted by Gasteiger charge is 1.96. The summed E-state index contributed by atoms with van der Waals surface area (Å²) in [6.07, 6.45) is 8.17. The third-order valence-corrected chi connectivity index (χ3v) is 2.40. The molecule has 2 aromatic heterocycles. The van der Waals surface area contributed by atoms with Gasteiger partial charge in [0.2, 0.25) is 0 Å². The molecule has 2 rings (SSSR count). The van der Waals surface area contributed by atoms with Crippen LogP contribution < -0.4 is 10.5 Å². The van der Waals surface area contributed by atoms with Crippen molar-refractivity contribution in [3.8, 4) is 5.75 Å². The second kappa shape index (κ2) is 6.00. The summed E-state index contributed by atoms with van der Waals surface area (Å²) in [5.41, 5.74) is 6.33. The molecule has 2 aromatic rings. The summed E-state index contributed by atoms with van der Waals surface area (Å²) < 4.78 is 7.59. The van der Waals surface area contributed by atoms with E-state index < -0.39 is 0 Å². The molecule has 0 saturated heterocycles. The Morgan fingerprint density at radius 3 is 2.94 bits per heavy atom. The third kappa shape index (κ3) is 3.57. The van der Waals surface area contributed by atoms with E-state index in [9.17, 15) is 0 Å². The van der Waals surface area contributed by atoms with Crippen molar-refractivity contribution >= 4 is 0 Å². The van der Waals surface area contributed by atoms with Crippen molar-refractivity contribution in [3.63, 3.8) is 0 Å². The predicted octanol–water partition coefficient (Wildman–Crippen LogP) is 1.21. The van der Waals surface area contributed by atoms with Gasteiger partial charge in [0.1, 0.15) is 5.75 Å². The number of imidazole rings is 1. The molecule has 2 heterocycles. The Bertz CT molecular complexity index is 424. The number of ether oxygens (including phenoxy) is 1. The van der Waals surface area contributed by atoms with Gasteiger partial charge in [-0.05, 0) is 18.6 Å². The molecule has 90 valence electrons. The van der Waals surface area contributed by atoms with Gasteiger partial charge >= 0.3 is 0 Å². The van der Waals surface area contributed by atoms with Gasteiger partial charge in [-0.25, -0.2) is 4.98 Å². The molecule has 0 aliphatic heterocycles. The van der Waals surface area contributed by atoms with Crippen molar-refractivity contribution in [1.82, 2.24) is 14.5 Å². The summed E-state index contributed by atoms with van der Waals surface area (Å²) in [7, 11) is 0. The van der Waals surface area contributed by atoms with E-state index in [0.717, 1.165) is 24.4 Å². The minimum absolute atomic E-state index is 0.459. The van der Waals surface area contributed by atoms with E-state index in [4.69, 9.17) is 10.5 Å². The number of aryl methyl sites for hydroxylation is 1. The predicted molar refractivity (Wildman–Crippen MR) is 64.5 cm³/mol. The summed E-state index contributed by atoms with van der Waals surface area (Å²) in [4.78, 5) is 8.14. The first-order valence-corrected chi connectivity index (χ1v) is 5.62. The third-order valence-electron chi connectivity index (χ3n) is 2.40. The molecular weight excluding hydrogens is 216 g/mol. The van der Waals surface area contributed by atoms with Crippen molar-refractivity contribution in [3.05, 3.63) is 42.7 Å². The molecular formula is C12H16N4O. The maximum atomic E-state index is 5.57. The van der Waals surface area contributed by atoms with Crippen LogP contribution in [0.25, 0.3) is 0 Å². The molecule has 0 bridgehead atoms. The van der Waals surface area contributed by atoms with Crippen LogP contribution in [0.5, 0.6) is 5.75 Å². The Labute approximate surface area is 100 Å². The summed E-state index contributed by atoms with van der Waals surface area (Å²) in [6, 6.07) is 3.78. The van der Waals surface area contributed by atoms with Gasteiger partial charge in [0.05, 0.1) is 24.8 Å². The van der Waals surface area contributed by atoms with Gasteiger partial charge in [-0.3, -0.25) is 4.98 Å². The first kappa shape index (κ1) is 11.6. The van der Waals surface area contributed by atoms with Crippen molar-refractivity contribution in [1.29, 1.82) is 0 Å². The quantitative estimate of drug-likeness (QED) is 0.760. The van der Waals surface area contributed by atoms with Crippen LogP contribution in [0.1, 0.15) is 12.1 Å². The molecule has 0 radical (unpaired) electrons. The largest absolute Gasteiger partial charge is 0.492 e. The fourth-order valence-corrected chi connectivity index (χ4v) is 1.47. The number of rotatable bonds is 6. The molecule has 2 N–H and O–H groups in total. The molecule has 0 saturated carbocycles. The van der Waals surface area contributed by atoms with Crippen molar-refractivity contribution < 1.29 is 4.74 Å². The second-order valence-corrected chi connectivity index (χ2v) is 3.69. The average molecular weight is 232 g/mol. The van der Waals surface area contributed by atoms with Crippen LogP contribution >= 0.6 is 0 Å². The van der Waals surface area contributed by atoms with Gasteiger partial charge in [0.15, 0.2) is 0 Å². The molecule has 0 spiro atoms. The fourth-order valence-electron chi connectivity index (χ4n) is 1.47. The lowest BCUT2D eigenvalue weighted by atomic mass is 10.3. The van der Waals surface area contributed by atoms with Crippen molar-refractivity contribution in [2.45, 2.75) is 19.5 Å². The van der Waals surface area contributed by atoms with Crippen molar-refractivity contribution in [2.24, 2.45) is 5.73 Å². The maximum Gasteiger partial charge on any atom is 0.137 e. The standard InChI is InChI=1S/C12H16N4O/c13-8-11-2-3-12(9-15-11)17-7-1-5-16-6-4-14-10-16/h2-4,6,9-10H,1,5,7-8,13H2. The summed E-state index contributed by atoms with van der Waals surface area (Å²) in [5.74, 6) is 0.785. The Balaban J connectivity index is 1.70. The zero-order chi connectivity index (χ0) is 11.9. The molecule has 0 unspecified atom stereocenters. The van der Waals surface area contributed by atoms with E-state index in [1.165, 1.54) is 0 Å². The number of hydrogen-bond donors (Lipinski definition) is 1. The fraction of sp³-hybridized carbons (Fsp3) is 0.333. The van der Waals surface area contributed by atoms with Crippen LogP contribution in [-0.2, 0) is 13.1 Å². The van der Waals surface area contributed by atoms with E-state index in [1.54, 1.807) is 18.7 Å². The monoisotopic (exact) mass is 232 g/mol. The minimum atomic E-state index is 0.459. The summed E-state index contributed by atoms with van der Waals surface area (Å²) in [5, 5.41) is 0. The van der Waals surface area contributed by atoms with Crippen LogP contribution in [0.15, 0.2) is 37.1 Å². The molecule has 0 aliphatic carbocycles. The van der Waals surface area contributed by atoms with Crippen LogP contribution in [0.4, 0.5) is 0 Å². The Morgan fingerprint density at radius 2 is 2.29 bits per heavy atom. The molecule has 5 nitrogen and oxygen atoms in total. The average Bonchev–Trinajstić information content (AvgIpc) is 2.88. The highest BCUT2D eigenvalue weighted by molar-refractivity contribution is 5.19. The minimum Gasteiger partial charge on any atom is -0.492 e. The van der Waals surface area contributed by atoms with E-state index in [2.05, 4.69) is 9.97 Å². The Hall–Kier alpha value is -1.88. The number of pyridine rings is 1. The van der Waals surface area contributed by atoms with Gasteiger partial charge < -0.3 is 15.0 Å². The van der Waals surface area contributed by atoms with Crippen LogP contribution in [0, 0.1) is 0 Å². The van der Waals surface area contributed by atoms with Crippen LogP contribution in [0.2, 0.25) is 0 Å². The second-order valence-electron chi connectivity index (χ2n) is 3.69. The SMILES string of the molecule is NCc1ccc(OCCCn2ccnc2)cn1. The van der Waals surface area contributed by atoms with E-state index in [1.807, 2.05) is 22.9 Å². The number of aromatic nitrogens is 3. The van der Waals surface area contributed by atoms with Crippen LogP contribution in [0.3, 0.4) is 0 Å². The van der Waals surface area contributed by atoms with E-state index in [0.29, 0.717) is 13.2 Å². The lowest BCUT2D eigenvalue weighted by Gasteiger charge is -2.06. The first-order valence-electron chi connectivity index (χ1n) is 5.62.